The van der Waals surface area contributed by atoms with Gasteiger partial charge < -0.3 is 16.8 Å². The van der Waals surface area contributed by atoms with Crippen LogP contribution >= 0.6 is 24.8 Å². The van der Waals surface area contributed by atoms with Gasteiger partial charge in [-0.15, -0.1) is 24.8 Å². The van der Waals surface area contributed by atoms with E-state index in [1.807, 2.05) is 24.3 Å². The van der Waals surface area contributed by atoms with Gasteiger partial charge in [-0.2, -0.15) is 0 Å². The zero-order valence-electron chi connectivity index (χ0n) is 14.0. The molecule has 2 amide bonds. The fourth-order valence-corrected chi connectivity index (χ4v) is 2.61. The van der Waals surface area contributed by atoms with Crippen LogP contribution in [0.2, 0.25) is 0 Å². The van der Waals surface area contributed by atoms with Crippen molar-refractivity contribution in [2.24, 2.45) is 11.5 Å². The molecule has 0 bridgehead atoms. The number of benzene rings is 1. The van der Waals surface area contributed by atoms with Crippen LogP contribution in [0.15, 0.2) is 24.3 Å². The molecule has 1 unspecified atom stereocenters. The topological polar surface area (TPSA) is 101 Å². The number of rotatable bonds is 5. The second-order valence-electron chi connectivity index (χ2n) is 6.41. The quantitative estimate of drug-likeness (QED) is 0.726. The highest BCUT2D eigenvalue weighted by Gasteiger charge is 2.28. The number of amides is 2. The van der Waals surface area contributed by atoms with E-state index in [0.29, 0.717) is 12.2 Å². The van der Waals surface area contributed by atoms with Gasteiger partial charge in [-0.05, 0) is 50.9 Å². The van der Waals surface area contributed by atoms with E-state index in [-0.39, 0.29) is 42.7 Å². The van der Waals surface area contributed by atoms with Crippen LogP contribution in [0.25, 0.3) is 0 Å². The van der Waals surface area contributed by atoms with Crippen LogP contribution in [-0.2, 0) is 16.1 Å². The van der Waals surface area contributed by atoms with Crippen molar-refractivity contribution in [1.29, 1.82) is 0 Å². The third-order valence-electron chi connectivity index (χ3n) is 3.85. The number of halogens is 2. The van der Waals surface area contributed by atoms with Gasteiger partial charge in [-0.25, -0.2) is 0 Å². The standard InChI is InChI=1S/C16H24N4O2.2ClH/c1-16(2,18)15(22)19-12-6-3-5-11(9-12)10-20-8-4-7-13(20)14(17)21;;/h3,5-6,9,13H,4,7-8,10,18H2,1-2H3,(H2,17,21)(H,19,22);2*1H. The Morgan fingerprint density at radius 1 is 1.33 bits per heavy atom. The summed E-state index contributed by atoms with van der Waals surface area (Å²) in [6, 6.07) is 7.38. The third kappa shape index (κ3) is 5.94. The van der Waals surface area contributed by atoms with Crippen molar-refractivity contribution in [3.8, 4) is 0 Å². The Morgan fingerprint density at radius 3 is 2.58 bits per heavy atom. The maximum Gasteiger partial charge on any atom is 0.243 e. The molecule has 0 aliphatic carbocycles. The van der Waals surface area contributed by atoms with Gasteiger partial charge in [0.2, 0.25) is 11.8 Å². The molecule has 2 rings (SSSR count). The van der Waals surface area contributed by atoms with Gasteiger partial charge in [-0.1, -0.05) is 12.1 Å². The summed E-state index contributed by atoms with van der Waals surface area (Å²) in [5.41, 5.74) is 12.0. The largest absolute Gasteiger partial charge is 0.368 e. The van der Waals surface area contributed by atoms with Crippen molar-refractivity contribution in [2.45, 2.75) is 44.8 Å². The summed E-state index contributed by atoms with van der Waals surface area (Å²) in [7, 11) is 0. The van der Waals surface area contributed by atoms with Crippen LogP contribution in [0, 0.1) is 0 Å². The van der Waals surface area contributed by atoms with Gasteiger partial charge in [-0.3, -0.25) is 14.5 Å². The Balaban J connectivity index is 0.00000264. The Kier molecular flexibility index (Phi) is 8.71. The highest BCUT2D eigenvalue weighted by Crippen LogP contribution is 2.21. The summed E-state index contributed by atoms with van der Waals surface area (Å²) >= 11 is 0. The van der Waals surface area contributed by atoms with Gasteiger partial charge in [0.25, 0.3) is 0 Å². The monoisotopic (exact) mass is 376 g/mol. The van der Waals surface area contributed by atoms with Crippen molar-refractivity contribution in [1.82, 2.24) is 4.90 Å². The molecule has 0 spiro atoms. The first-order chi connectivity index (χ1) is 10.3. The number of nitrogens with two attached hydrogens (primary N) is 2. The van der Waals surface area contributed by atoms with Gasteiger partial charge in [0.1, 0.15) is 0 Å². The molecule has 1 aromatic carbocycles. The molecule has 1 aliphatic rings. The highest BCUT2D eigenvalue weighted by molar-refractivity contribution is 5.97. The van der Waals surface area contributed by atoms with Crippen LogP contribution in [-0.4, -0.2) is 34.8 Å². The van der Waals surface area contributed by atoms with E-state index in [1.54, 1.807) is 13.8 Å². The van der Waals surface area contributed by atoms with Gasteiger partial charge in [0.15, 0.2) is 0 Å². The highest BCUT2D eigenvalue weighted by atomic mass is 35.5. The van der Waals surface area contributed by atoms with Gasteiger partial charge in [0.05, 0.1) is 11.6 Å². The minimum Gasteiger partial charge on any atom is -0.368 e. The average molecular weight is 377 g/mol. The molecular formula is C16H26Cl2N4O2. The minimum atomic E-state index is -0.929. The van der Waals surface area contributed by atoms with Gasteiger partial charge in [0, 0.05) is 12.2 Å². The SMILES string of the molecule is CC(C)(N)C(=O)Nc1cccc(CN2CCCC2C(N)=O)c1.Cl.Cl. The smallest absolute Gasteiger partial charge is 0.243 e. The van der Waals surface area contributed by atoms with Crippen LogP contribution in [0.1, 0.15) is 32.3 Å². The Hall–Kier alpha value is -1.34. The zero-order valence-corrected chi connectivity index (χ0v) is 15.6. The molecule has 1 atom stereocenters. The molecule has 6 nitrogen and oxygen atoms in total. The van der Waals surface area contributed by atoms with E-state index in [2.05, 4.69) is 10.2 Å². The Bertz CT molecular complexity index is 575. The molecule has 0 saturated carbocycles. The summed E-state index contributed by atoms with van der Waals surface area (Å²) in [5, 5.41) is 2.81. The molecule has 0 radical (unpaired) electrons. The second kappa shape index (κ2) is 9.22. The number of nitrogens with zero attached hydrogens (tertiary/aromatic N) is 1. The fraction of sp³-hybridized carbons (Fsp3) is 0.500. The molecule has 5 N–H and O–H groups in total. The van der Waals surface area contributed by atoms with Crippen LogP contribution in [0.3, 0.4) is 0 Å². The first kappa shape index (κ1) is 22.7. The number of hydrogen-bond donors (Lipinski definition) is 3. The first-order valence-corrected chi connectivity index (χ1v) is 7.50. The first-order valence-electron chi connectivity index (χ1n) is 7.50. The van der Waals surface area contributed by atoms with E-state index in [4.69, 9.17) is 11.5 Å². The predicted octanol–water partition coefficient (Wildman–Crippen LogP) is 1.66. The lowest BCUT2D eigenvalue weighted by molar-refractivity contribution is -0.122. The normalized spacial score (nSPS) is 17.5. The van der Waals surface area contributed by atoms with E-state index in [0.717, 1.165) is 24.9 Å². The molecule has 1 aliphatic heterocycles. The summed E-state index contributed by atoms with van der Waals surface area (Å²) < 4.78 is 0. The molecule has 1 aromatic rings. The molecule has 8 heteroatoms. The molecule has 1 saturated heterocycles. The van der Waals surface area contributed by atoms with E-state index < -0.39 is 5.54 Å². The summed E-state index contributed by atoms with van der Waals surface area (Å²) in [5.74, 6) is -0.507. The van der Waals surface area contributed by atoms with Crippen LogP contribution in [0.4, 0.5) is 5.69 Å². The number of carbonyl (C=O) groups excluding carboxylic acids is 2. The minimum absolute atomic E-state index is 0. The summed E-state index contributed by atoms with van der Waals surface area (Å²) in [4.78, 5) is 25.4. The number of hydrogen-bond acceptors (Lipinski definition) is 4. The van der Waals surface area contributed by atoms with Gasteiger partial charge >= 0.3 is 0 Å². The maximum absolute atomic E-state index is 11.9. The molecule has 1 fully saturated rings. The number of carbonyl (C=O) groups is 2. The second-order valence-corrected chi connectivity index (χ2v) is 6.41. The van der Waals surface area contributed by atoms with E-state index >= 15 is 0 Å². The number of primary amides is 1. The van der Waals surface area contributed by atoms with E-state index in [1.165, 1.54) is 0 Å². The van der Waals surface area contributed by atoms with Crippen LogP contribution in [0.5, 0.6) is 0 Å². The molecule has 136 valence electrons. The Morgan fingerprint density at radius 2 is 2.00 bits per heavy atom. The lowest BCUT2D eigenvalue weighted by atomic mass is 10.1. The van der Waals surface area contributed by atoms with Crippen molar-refractivity contribution in [3.63, 3.8) is 0 Å². The van der Waals surface area contributed by atoms with Crippen molar-refractivity contribution < 1.29 is 9.59 Å². The van der Waals surface area contributed by atoms with Crippen LogP contribution < -0.4 is 16.8 Å². The summed E-state index contributed by atoms with van der Waals surface area (Å²) in [6.45, 7) is 4.82. The van der Waals surface area contributed by atoms with Crippen molar-refractivity contribution >= 4 is 42.3 Å². The summed E-state index contributed by atoms with van der Waals surface area (Å²) in [6.07, 6.45) is 1.79. The molecule has 1 heterocycles. The third-order valence-corrected chi connectivity index (χ3v) is 3.85. The molecule has 24 heavy (non-hydrogen) atoms. The molecule has 0 aromatic heterocycles. The number of likely N-dealkylation sites (tertiary alicyclic amines) is 1. The number of anilines is 1. The lowest BCUT2D eigenvalue weighted by Gasteiger charge is -2.22. The zero-order chi connectivity index (χ0) is 16.3. The lowest BCUT2D eigenvalue weighted by Crippen LogP contribution is -2.45. The average Bonchev–Trinajstić information content (AvgIpc) is 2.86. The van der Waals surface area contributed by atoms with Crippen molar-refractivity contribution in [2.75, 3.05) is 11.9 Å². The predicted molar refractivity (Wildman–Crippen MR) is 100 cm³/mol. The molecular weight excluding hydrogens is 351 g/mol. The fourth-order valence-electron chi connectivity index (χ4n) is 2.61. The van der Waals surface area contributed by atoms with E-state index in [9.17, 15) is 9.59 Å². The Labute approximate surface area is 155 Å². The number of nitrogens with one attached hydrogen (secondary N) is 1. The van der Waals surface area contributed by atoms with Crippen molar-refractivity contribution in [3.05, 3.63) is 29.8 Å². The maximum atomic E-state index is 11.9.